The molecule has 1 aromatic heterocycles. The Bertz CT molecular complexity index is 545. The van der Waals surface area contributed by atoms with Gasteiger partial charge in [0.05, 0.1) is 5.69 Å². The van der Waals surface area contributed by atoms with E-state index >= 15 is 0 Å². The van der Waals surface area contributed by atoms with E-state index in [-0.39, 0.29) is 0 Å². The molecule has 102 valence electrons. The number of benzene rings is 1. The Labute approximate surface area is 114 Å². The Balaban J connectivity index is 2.38. The number of hydrogen-bond donors (Lipinski definition) is 1. The van der Waals surface area contributed by atoms with E-state index in [0.717, 1.165) is 30.3 Å². The fraction of sp³-hybridized carbons (Fsp3) is 0.467. The predicted octanol–water partition coefficient (Wildman–Crippen LogP) is 2.94. The summed E-state index contributed by atoms with van der Waals surface area (Å²) in [7, 11) is 0. The van der Waals surface area contributed by atoms with Crippen molar-refractivity contribution in [3.05, 3.63) is 41.5 Å². The Hall–Kier alpha value is -1.68. The van der Waals surface area contributed by atoms with E-state index < -0.39 is 0 Å². The van der Waals surface area contributed by atoms with Crippen LogP contribution in [0.25, 0.3) is 5.69 Å². The zero-order valence-electron chi connectivity index (χ0n) is 12.1. The second kappa shape index (κ2) is 5.97. The Morgan fingerprint density at radius 3 is 2.63 bits per heavy atom. The van der Waals surface area contributed by atoms with Crippen LogP contribution in [0.4, 0.5) is 0 Å². The molecule has 0 aliphatic rings. The predicted molar refractivity (Wildman–Crippen MR) is 77.5 cm³/mol. The van der Waals surface area contributed by atoms with Crippen molar-refractivity contribution >= 4 is 0 Å². The van der Waals surface area contributed by atoms with Gasteiger partial charge in [-0.2, -0.15) is 5.10 Å². The molecule has 1 atom stereocenters. The highest BCUT2D eigenvalue weighted by Crippen LogP contribution is 2.21. The van der Waals surface area contributed by atoms with Crippen molar-refractivity contribution < 1.29 is 0 Å². The van der Waals surface area contributed by atoms with Crippen molar-refractivity contribution in [3.63, 3.8) is 0 Å². The lowest BCUT2D eigenvalue weighted by Gasteiger charge is -2.18. The van der Waals surface area contributed by atoms with Gasteiger partial charge in [-0.15, -0.1) is 0 Å². The van der Waals surface area contributed by atoms with Crippen LogP contribution in [0.1, 0.15) is 43.5 Å². The molecular formula is C15H22N4. The van der Waals surface area contributed by atoms with Gasteiger partial charge in [0, 0.05) is 6.04 Å². The minimum atomic E-state index is 0.306. The third kappa shape index (κ3) is 3.01. The first-order chi connectivity index (χ1) is 9.13. The Morgan fingerprint density at radius 2 is 2.00 bits per heavy atom. The van der Waals surface area contributed by atoms with Crippen LogP contribution in [0, 0.1) is 13.8 Å². The van der Waals surface area contributed by atoms with Crippen molar-refractivity contribution in [1.82, 2.24) is 20.1 Å². The highest BCUT2D eigenvalue weighted by atomic mass is 15.3. The fourth-order valence-electron chi connectivity index (χ4n) is 2.27. The van der Waals surface area contributed by atoms with Gasteiger partial charge in [-0.25, -0.2) is 9.67 Å². The molecule has 4 heteroatoms. The molecule has 0 fully saturated rings. The average molecular weight is 258 g/mol. The Morgan fingerprint density at radius 1 is 1.26 bits per heavy atom. The quantitative estimate of drug-likeness (QED) is 0.896. The van der Waals surface area contributed by atoms with Crippen molar-refractivity contribution in [2.75, 3.05) is 6.54 Å². The summed E-state index contributed by atoms with van der Waals surface area (Å²) >= 11 is 0. The van der Waals surface area contributed by atoms with E-state index in [1.54, 1.807) is 0 Å². The lowest BCUT2D eigenvalue weighted by molar-refractivity contribution is 0.566. The third-order valence-electron chi connectivity index (χ3n) is 3.21. The second-order valence-corrected chi connectivity index (χ2v) is 4.85. The number of rotatable bonds is 5. The third-order valence-corrected chi connectivity index (χ3v) is 3.21. The van der Waals surface area contributed by atoms with E-state index in [1.807, 2.05) is 24.6 Å². The standard InChI is InChI=1S/C15H22N4/c1-5-10-16-11(2)14-8-6-7-9-15(14)19-13(4)17-12(3)18-19/h6-9,11,16H,5,10H2,1-4H3. The highest BCUT2D eigenvalue weighted by Gasteiger charge is 2.13. The topological polar surface area (TPSA) is 42.7 Å². The van der Waals surface area contributed by atoms with Gasteiger partial charge >= 0.3 is 0 Å². The van der Waals surface area contributed by atoms with Crippen molar-refractivity contribution in [2.45, 2.75) is 40.2 Å². The van der Waals surface area contributed by atoms with Crippen LogP contribution in [-0.2, 0) is 0 Å². The summed E-state index contributed by atoms with van der Waals surface area (Å²) in [6, 6.07) is 8.67. The van der Waals surface area contributed by atoms with Crippen LogP contribution in [0.2, 0.25) is 0 Å². The van der Waals surface area contributed by atoms with E-state index in [1.165, 1.54) is 5.56 Å². The van der Waals surface area contributed by atoms with Gasteiger partial charge in [-0.3, -0.25) is 0 Å². The van der Waals surface area contributed by atoms with Crippen LogP contribution in [-0.4, -0.2) is 21.3 Å². The average Bonchev–Trinajstić information content (AvgIpc) is 2.75. The minimum Gasteiger partial charge on any atom is -0.310 e. The van der Waals surface area contributed by atoms with Gasteiger partial charge in [-0.05, 0) is 45.4 Å². The summed E-state index contributed by atoms with van der Waals surface area (Å²) in [4.78, 5) is 4.38. The van der Waals surface area contributed by atoms with E-state index in [0.29, 0.717) is 6.04 Å². The van der Waals surface area contributed by atoms with Gasteiger partial charge in [0.25, 0.3) is 0 Å². The molecule has 2 rings (SSSR count). The monoisotopic (exact) mass is 258 g/mol. The number of nitrogens with zero attached hydrogens (tertiary/aromatic N) is 3. The summed E-state index contributed by atoms with van der Waals surface area (Å²) < 4.78 is 1.93. The summed E-state index contributed by atoms with van der Waals surface area (Å²) in [6.07, 6.45) is 1.13. The number of hydrogen-bond acceptors (Lipinski definition) is 3. The van der Waals surface area contributed by atoms with Crippen molar-refractivity contribution in [1.29, 1.82) is 0 Å². The maximum atomic E-state index is 4.48. The number of aromatic nitrogens is 3. The highest BCUT2D eigenvalue weighted by molar-refractivity contribution is 5.42. The normalized spacial score (nSPS) is 12.6. The largest absolute Gasteiger partial charge is 0.310 e. The van der Waals surface area contributed by atoms with Gasteiger partial charge < -0.3 is 5.32 Å². The molecule has 0 amide bonds. The molecule has 0 radical (unpaired) electrons. The molecule has 4 nitrogen and oxygen atoms in total. The van der Waals surface area contributed by atoms with Crippen LogP contribution in [0.3, 0.4) is 0 Å². The molecular weight excluding hydrogens is 236 g/mol. The van der Waals surface area contributed by atoms with Crippen LogP contribution in [0.5, 0.6) is 0 Å². The molecule has 0 saturated heterocycles. The van der Waals surface area contributed by atoms with E-state index in [9.17, 15) is 0 Å². The molecule has 0 aliphatic heterocycles. The molecule has 2 aromatic rings. The Kier molecular flexibility index (Phi) is 4.32. The van der Waals surface area contributed by atoms with Crippen LogP contribution in [0.15, 0.2) is 24.3 Å². The molecule has 1 heterocycles. The summed E-state index contributed by atoms with van der Waals surface area (Å²) in [5, 5.41) is 8.01. The minimum absolute atomic E-state index is 0.306. The summed E-state index contributed by atoms with van der Waals surface area (Å²) in [6.45, 7) is 9.29. The molecule has 0 saturated carbocycles. The van der Waals surface area contributed by atoms with E-state index in [4.69, 9.17) is 0 Å². The second-order valence-electron chi connectivity index (χ2n) is 4.85. The number of aryl methyl sites for hydroxylation is 2. The first kappa shape index (κ1) is 13.7. The molecule has 1 aromatic carbocycles. The molecule has 1 unspecified atom stereocenters. The molecule has 0 bridgehead atoms. The zero-order valence-corrected chi connectivity index (χ0v) is 12.1. The van der Waals surface area contributed by atoms with E-state index in [2.05, 4.69) is 47.4 Å². The number of nitrogens with one attached hydrogen (secondary N) is 1. The van der Waals surface area contributed by atoms with Crippen LogP contribution >= 0.6 is 0 Å². The molecule has 19 heavy (non-hydrogen) atoms. The SMILES string of the molecule is CCCNC(C)c1ccccc1-n1nc(C)nc1C. The van der Waals surface area contributed by atoms with Crippen molar-refractivity contribution in [3.8, 4) is 5.69 Å². The maximum Gasteiger partial charge on any atom is 0.148 e. The van der Waals surface area contributed by atoms with Gasteiger partial charge in [0.1, 0.15) is 11.6 Å². The fourth-order valence-corrected chi connectivity index (χ4v) is 2.27. The summed E-state index contributed by atoms with van der Waals surface area (Å²) in [5.41, 5.74) is 2.36. The first-order valence-corrected chi connectivity index (χ1v) is 6.86. The van der Waals surface area contributed by atoms with Gasteiger partial charge in [0.15, 0.2) is 0 Å². The van der Waals surface area contributed by atoms with Gasteiger partial charge in [0.2, 0.25) is 0 Å². The van der Waals surface area contributed by atoms with Crippen LogP contribution < -0.4 is 5.32 Å². The number of para-hydroxylation sites is 1. The zero-order chi connectivity index (χ0) is 13.8. The lowest BCUT2D eigenvalue weighted by Crippen LogP contribution is -2.21. The molecule has 1 N–H and O–H groups in total. The maximum absolute atomic E-state index is 4.48. The lowest BCUT2D eigenvalue weighted by atomic mass is 10.1. The summed E-state index contributed by atoms with van der Waals surface area (Å²) in [5.74, 6) is 1.73. The molecule has 0 aliphatic carbocycles. The first-order valence-electron chi connectivity index (χ1n) is 6.86. The smallest absolute Gasteiger partial charge is 0.148 e. The molecule has 0 spiro atoms. The van der Waals surface area contributed by atoms with Crippen molar-refractivity contribution in [2.24, 2.45) is 0 Å². The van der Waals surface area contributed by atoms with Gasteiger partial charge in [-0.1, -0.05) is 25.1 Å².